The summed E-state index contributed by atoms with van der Waals surface area (Å²) in [4.78, 5) is 12.2. The van der Waals surface area contributed by atoms with Gasteiger partial charge in [-0.05, 0) is 106 Å². The fourth-order valence-corrected chi connectivity index (χ4v) is 4.01. The monoisotopic (exact) mass is 694 g/mol. The number of rotatable bonds is 8. The maximum Gasteiger partial charge on any atom is 0.416 e. The van der Waals surface area contributed by atoms with Gasteiger partial charge in [0.15, 0.2) is 11.5 Å². The summed E-state index contributed by atoms with van der Waals surface area (Å²) in [6, 6.07) is 15.6. The number of benzene rings is 3. The number of alkyl halides is 3. The van der Waals surface area contributed by atoms with Crippen molar-refractivity contribution in [2.45, 2.75) is 19.7 Å². The van der Waals surface area contributed by atoms with Crippen LogP contribution in [0.4, 0.5) is 13.2 Å². The zero-order valence-corrected chi connectivity index (χ0v) is 22.1. The summed E-state index contributed by atoms with van der Waals surface area (Å²) in [7, 11) is 0. The van der Waals surface area contributed by atoms with Crippen LogP contribution in [0.2, 0.25) is 0 Å². The first-order valence-corrected chi connectivity index (χ1v) is 12.2. The van der Waals surface area contributed by atoms with Crippen molar-refractivity contribution in [3.63, 3.8) is 0 Å². The van der Waals surface area contributed by atoms with E-state index in [0.29, 0.717) is 30.3 Å². The van der Waals surface area contributed by atoms with Crippen molar-refractivity contribution in [1.82, 2.24) is 5.43 Å². The van der Waals surface area contributed by atoms with Gasteiger partial charge < -0.3 is 9.47 Å². The molecule has 0 fully saturated rings. The van der Waals surface area contributed by atoms with Crippen LogP contribution in [0, 0.1) is 7.14 Å². The van der Waals surface area contributed by atoms with Crippen molar-refractivity contribution in [2.75, 3.05) is 6.61 Å². The fourth-order valence-electron chi connectivity index (χ4n) is 2.87. The molecule has 3 rings (SSSR count). The Morgan fingerprint density at radius 2 is 1.79 bits per heavy atom. The molecular weight excluding hydrogens is 675 g/mol. The Morgan fingerprint density at radius 1 is 1.06 bits per heavy atom. The molecule has 0 aliphatic heterocycles. The van der Waals surface area contributed by atoms with Crippen molar-refractivity contribution in [3.05, 3.63) is 90.1 Å². The molecule has 0 aliphatic carbocycles. The summed E-state index contributed by atoms with van der Waals surface area (Å²) < 4.78 is 52.2. The van der Waals surface area contributed by atoms with Crippen LogP contribution in [-0.2, 0) is 12.8 Å². The topological polar surface area (TPSA) is 59.9 Å². The molecule has 0 aromatic heterocycles. The molecule has 3 aromatic rings. The predicted molar refractivity (Wildman–Crippen MR) is 140 cm³/mol. The zero-order chi connectivity index (χ0) is 24.7. The second-order valence-electron chi connectivity index (χ2n) is 6.96. The van der Waals surface area contributed by atoms with Crippen molar-refractivity contribution in [2.24, 2.45) is 5.10 Å². The normalized spacial score (nSPS) is 11.5. The number of amides is 1. The quantitative estimate of drug-likeness (QED) is 0.163. The second-order valence-corrected chi connectivity index (χ2v) is 9.36. The summed E-state index contributed by atoms with van der Waals surface area (Å²) in [5.41, 5.74) is 2.85. The molecule has 34 heavy (non-hydrogen) atoms. The van der Waals surface area contributed by atoms with E-state index in [9.17, 15) is 18.0 Å². The highest BCUT2D eigenvalue weighted by Crippen LogP contribution is 2.34. The van der Waals surface area contributed by atoms with Gasteiger partial charge in [0, 0.05) is 9.13 Å². The molecular formula is C24H19F3I2N2O3. The summed E-state index contributed by atoms with van der Waals surface area (Å²) in [6.07, 6.45) is -3.14. The Balaban J connectivity index is 1.72. The van der Waals surface area contributed by atoms with E-state index >= 15 is 0 Å². The zero-order valence-electron chi connectivity index (χ0n) is 17.8. The average molecular weight is 694 g/mol. The number of halogens is 5. The third-order valence-corrected chi connectivity index (χ3v) is 5.98. The number of nitrogens with one attached hydrogen (secondary N) is 1. The Morgan fingerprint density at radius 3 is 2.47 bits per heavy atom. The van der Waals surface area contributed by atoms with Crippen LogP contribution in [0.25, 0.3) is 0 Å². The summed E-state index contributed by atoms with van der Waals surface area (Å²) in [5.74, 6) is 0.358. The minimum absolute atomic E-state index is 0.143. The first-order valence-electron chi connectivity index (χ1n) is 10.0. The lowest BCUT2D eigenvalue weighted by Crippen LogP contribution is -2.18. The van der Waals surface area contributed by atoms with Gasteiger partial charge in [-0.1, -0.05) is 18.2 Å². The lowest BCUT2D eigenvalue weighted by molar-refractivity contribution is -0.137. The Kier molecular flexibility index (Phi) is 9.17. The predicted octanol–water partition coefficient (Wildman–Crippen LogP) is 6.66. The Labute approximate surface area is 222 Å². The largest absolute Gasteiger partial charge is 0.490 e. The van der Waals surface area contributed by atoms with Gasteiger partial charge in [-0.25, -0.2) is 5.43 Å². The molecule has 0 bridgehead atoms. The van der Waals surface area contributed by atoms with Gasteiger partial charge in [0.05, 0.1) is 22.0 Å². The third-order valence-electron chi connectivity index (χ3n) is 4.46. The number of hydrogen-bond acceptors (Lipinski definition) is 4. The molecule has 5 nitrogen and oxygen atoms in total. The summed E-state index contributed by atoms with van der Waals surface area (Å²) in [6.45, 7) is 2.64. The van der Waals surface area contributed by atoms with Crippen molar-refractivity contribution in [1.29, 1.82) is 0 Å². The van der Waals surface area contributed by atoms with Gasteiger partial charge in [0.2, 0.25) is 0 Å². The lowest BCUT2D eigenvalue weighted by atomic mass is 10.1. The van der Waals surface area contributed by atoms with Crippen LogP contribution in [0.5, 0.6) is 11.5 Å². The molecule has 0 unspecified atom stereocenters. The van der Waals surface area contributed by atoms with Gasteiger partial charge in [-0.2, -0.15) is 18.3 Å². The number of ether oxygens (including phenoxy) is 2. The number of hydrazone groups is 1. The SMILES string of the molecule is CCOc1cc(/C=N\NC(=O)c2cccc(C(F)(F)F)c2)cc(I)c1OCc1ccc(I)cc1. The molecule has 10 heteroatoms. The molecule has 0 radical (unpaired) electrons. The van der Waals surface area contributed by atoms with Gasteiger partial charge in [-0.3, -0.25) is 4.79 Å². The minimum Gasteiger partial charge on any atom is -0.490 e. The minimum atomic E-state index is -4.53. The van der Waals surface area contributed by atoms with Gasteiger partial charge in [0.25, 0.3) is 5.91 Å². The first-order chi connectivity index (χ1) is 16.2. The molecule has 1 N–H and O–H groups in total. The van der Waals surface area contributed by atoms with E-state index in [2.05, 4.69) is 55.7 Å². The number of carbonyl (C=O) groups is 1. The maximum atomic E-state index is 12.9. The van der Waals surface area contributed by atoms with Crippen molar-refractivity contribution < 1.29 is 27.4 Å². The van der Waals surface area contributed by atoms with Gasteiger partial charge in [0.1, 0.15) is 6.61 Å². The standard InChI is InChI=1S/C24H19F3I2N2O3/c1-2-33-21-11-16(10-20(29)22(21)34-14-15-6-8-19(28)9-7-15)13-30-31-23(32)17-4-3-5-18(12-17)24(25,26)27/h3-13H,2,14H2,1H3,(H,31,32)/b30-13-. The van der Waals surface area contributed by atoms with Gasteiger partial charge >= 0.3 is 6.18 Å². The summed E-state index contributed by atoms with van der Waals surface area (Å²) >= 11 is 4.36. The molecule has 0 atom stereocenters. The van der Waals surface area contributed by atoms with Crippen molar-refractivity contribution in [3.8, 4) is 11.5 Å². The lowest BCUT2D eigenvalue weighted by Gasteiger charge is -2.15. The molecule has 0 saturated heterocycles. The molecule has 0 saturated carbocycles. The van der Waals surface area contributed by atoms with Crippen LogP contribution >= 0.6 is 45.2 Å². The highest BCUT2D eigenvalue weighted by molar-refractivity contribution is 14.1. The molecule has 3 aromatic carbocycles. The van der Waals surface area contributed by atoms with Crippen LogP contribution in [0.1, 0.15) is 34.0 Å². The van der Waals surface area contributed by atoms with Crippen LogP contribution in [0.3, 0.4) is 0 Å². The highest BCUT2D eigenvalue weighted by Gasteiger charge is 2.30. The highest BCUT2D eigenvalue weighted by atomic mass is 127. The van der Waals surface area contributed by atoms with Crippen molar-refractivity contribution >= 4 is 57.3 Å². The molecule has 0 spiro atoms. The third kappa shape index (κ3) is 7.32. The number of hydrogen-bond donors (Lipinski definition) is 1. The van der Waals surface area contributed by atoms with E-state index < -0.39 is 17.6 Å². The van der Waals surface area contributed by atoms with E-state index in [0.717, 1.165) is 24.8 Å². The van der Waals surface area contributed by atoms with E-state index in [-0.39, 0.29) is 5.56 Å². The van der Waals surface area contributed by atoms with E-state index in [1.807, 2.05) is 31.2 Å². The fraction of sp³-hybridized carbons (Fsp3) is 0.167. The van der Waals surface area contributed by atoms with E-state index in [4.69, 9.17) is 9.47 Å². The van der Waals surface area contributed by atoms with Crippen LogP contribution in [0.15, 0.2) is 65.8 Å². The average Bonchev–Trinajstić information content (AvgIpc) is 2.79. The van der Waals surface area contributed by atoms with E-state index in [1.165, 1.54) is 18.3 Å². The van der Waals surface area contributed by atoms with E-state index in [1.54, 1.807) is 12.1 Å². The Hall–Kier alpha value is -2.35. The molecule has 0 heterocycles. The molecule has 0 aliphatic rings. The second kappa shape index (κ2) is 11.9. The maximum absolute atomic E-state index is 12.9. The smallest absolute Gasteiger partial charge is 0.416 e. The summed E-state index contributed by atoms with van der Waals surface area (Å²) in [5, 5.41) is 3.88. The van der Waals surface area contributed by atoms with Gasteiger partial charge in [-0.15, -0.1) is 0 Å². The number of carbonyl (C=O) groups excluding carboxylic acids is 1. The number of nitrogens with zero attached hydrogens (tertiary/aromatic N) is 1. The molecule has 178 valence electrons. The Bertz CT molecular complexity index is 1180. The van der Waals surface area contributed by atoms with Crippen LogP contribution < -0.4 is 14.9 Å². The molecule has 1 amide bonds. The van der Waals surface area contributed by atoms with Crippen LogP contribution in [-0.4, -0.2) is 18.7 Å². The first kappa shape index (κ1) is 26.3.